The molecule has 2 N–H and O–H groups in total. The van der Waals surface area contributed by atoms with Gasteiger partial charge in [0.25, 0.3) is 0 Å². The summed E-state index contributed by atoms with van der Waals surface area (Å²) in [6.45, 7) is 2.31. The third-order valence-corrected chi connectivity index (χ3v) is 7.84. The number of para-hydroxylation sites is 1. The van der Waals surface area contributed by atoms with Crippen LogP contribution in [-0.4, -0.2) is 81.8 Å². The second kappa shape index (κ2) is 11.7. The summed E-state index contributed by atoms with van der Waals surface area (Å²) < 4.78 is 54.3. The van der Waals surface area contributed by atoms with Gasteiger partial charge in [0.2, 0.25) is 10.0 Å². The third kappa shape index (κ3) is 6.57. The van der Waals surface area contributed by atoms with Gasteiger partial charge < -0.3 is 15.5 Å². The van der Waals surface area contributed by atoms with Gasteiger partial charge >= 0.3 is 0 Å². The summed E-state index contributed by atoms with van der Waals surface area (Å²) in [5.74, 6) is 0.988. The van der Waals surface area contributed by atoms with Gasteiger partial charge in [-0.2, -0.15) is 11.8 Å². The molecule has 12 heteroatoms. The van der Waals surface area contributed by atoms with Crippen molar-refractivity contribution in [1.82, 2.24) is 14.9 Å². The molecule has 2 aliphatic heterocycles. The molecule has 1 unspecified atom stereocenters. The van der Waals surface area contributed by atoms with E-state index in [1.807, 2.05) is 0 Å². The van der Waals surface area contributed by atoms with Crippen LogP contribution < -0.4 is 15.5 Å². The predicted molar refractivity (Wildman–Crippen MR) is 130 cm³/mol. The Kier molecular flexibility index (Phi) is 9.88. The number of halogens is 3. The summed E-state index contributed by atoms with van der Waals surface area (Å²) in [5.41, 5.74) is -0.00876. The molecule has 0 amide bonds. The van der Waals surface area contributed by atoms with Gasteiger partial charge in [0.15, 0.2) is 5.96 Å². The highest BCUT2D eigenvalue weighted by atomic mass is 127. The second-order valence-electron chi connectivity index (χ2n) is 6.97. The molecule has 2 saturated heterocycles. The highest BCUT2D eigenvalue weighted by molar-refractivity contribution is 14.0. The van der Waals surface area contributed by atoms with Crippen molar-refractivity contribution in [3.8, 4) is 0 Å². The highest BCUT2D eigenvalue weighted by Gasteiger charge is 2.28. The van der Waals surface area contributed by atoms with Crippen LogP contribution in [0.4, 0.5) is 14.5 Å². The highest BCUT2D eigenvalue weighted by Crippen LogP contribution is 2.26. The van der Waals surface area contributed by atoms with Crippen LogP contribution in [-0.2, 0) is 10.0 Å². The number of rotatable bonds is 6. The minimum absolute atomic E-state index is 0. The van der Waals surface area contributed by atoms with E-state index in [-0.39, 0.29) is 48.0 Å². The number of benzene rings is 1. The zero-order valence-electron chi connectivity index (χ0n) is 16.8. The van der Waals surface area contributed by atoms with Gasteiger partial charge in [-0.15, -0.1) is 24.0 Å². The molecule has 170 valence electrons. The van der Waals surface area contributed by atoms with Crippen LogP contribution >= 0.6 is 35.7 Å². The van der Waals surface area contributed by atoms with E-state index in [1.54, 1.807) is 28.0 Å². The van der Waals surface area contributed by atoms with E-state index < -0.39 is 21.7 Å². The largest absolute Gasteiger partial charge is 0.365 e. The van der Waals surface area contributed by atoms with Crippen LogP contribution in [0.15, 0.2) is 23.2 Å². The molecule has 0 aliphatic carbocycles. The Balaban J connectivity index is 0.00000320. The first-order valence-electron chi connectivity index (χ1n) is 9.62. The first-order chi connectivity index (χ1) is 13.9. The number of nitrogens with zero attached hydrogens (tertiary/aromatic N) is 3. The van der Waals surface area contributed by atoms with Crippen LogP contribution in [0.2, 0.25) is 0 Å². The van der Waals surface area contributed by atoms with Crippen molar-refractivity contribution in [3.63, 3.8) is 0 Å². The van der Waals surface area contributed by atoms with E-state index in [0.29, 0.717) is 38.6 Å². The molecular formula is C18H28F2IN5O2S2. The first-order valence-corrected chi connectivity index (χ1v) is 12.4. The molecule has 2 fully saturated rings. The molecule has 3 rings (SSSR count). The second-order valence-corrected chi connectivity index (χ2v) is 10.3. The van der Waals surface area contributed by atoms with E-state index in [9.17, 15) is 17.2 Å². The number of hydrogen-bond donors (Lipinski definition) is 2. The SMILES string of the molecule is CN=C(NCCS(=O)(=O)N1CCSCC1)NC1CCN(c2c(F)cccc2F)C1.I. The number of hydrogen-bond acceptors (Lipinski definition) is 5. The zero-order chi connectivity index (χ0) is 20.9. The summed E-state index contributed by atoms with van der Waals surface area (Å²) in [6.07, 6.45) is 0.693. The van der Waals surface area contributed by atoms with Gasteiger partial charge in [-0.25, -0.2) is 21.5 Å². The zero-order valence-corrected chi connectivity index (χ0v) is 20.8. The summed E-state index contributed by atoms with van der Waals surface area (Å²) in [5, 5.41) is 6.24. The Hall–Kier alpha value is -0.860. The summed E-state index contributed by atoms with van der Waals surface area (Å²) >= 11 is 1.76. The molecule has 0 spiro atoms. The number of aliphatic imine (C=N–C) groups is 1. The van der Waals surface area contributed by atoms with Crippen LogP contribution in [0.5, 0.6) is 0 Å². The van der Waals surface area contributed by atoms with Crippen molar-refractivity contribution in [2.24, 2.45) is 4.99 Å². The van der Waals surface area contributed by atoms with Crippen molar-refractivity contribution < 1.29 is 17.2 Å². The quantitative estimate of drug-likeness (QED) is 0.306. The van der Waals surface area contributed by atoms with Gasteiger partial charge in [-0.3, -0.25) is 4.99 Å². The molecule has 2 aliphatic rings. The molecule has 0 aromatic heterocycles. The van der Waals surface area contributed by atoms with E-state index in [1.165, 1.54) is 18.2 Å². The van der Waals surface area contributed by atoms with E-state index in [4.69, 9.17) is 0 Å². The molecular weight excluding hydrogens is 547 g/mol. The number of sulfonamides is 1. The van der Waals surface area contributed by atoms with Crippen molar-refractivity contribution in [3.05, 3.63) is 29.8 Å². The minimum Gasteiger partial charge on any atom is -0.365 e. The predicted octanol–water partition coefficient (Wildman–Crippen LogP) is 1.71. The lowest BCUT2D eigenvalue weighted by molar-refractivity contribution is 0.443. The van der Waals surface area contributed by atoms with E-state index in [0.717, 1.165) is 11.5 Å². The fourth-order valence-corrected chi connectivity index (χ4v) is 6.00. The van der Waals surface area contributed by atoms with Crippen molar-refractivity contribution in [1.29, 1.82) is 0 Å². The third-order valence-electron chi connectivity index (χ3n) is 5.02. The monoisotopic (exact) mass is 575 g/mol. The standard InChI is InChI=1S/C18H27F2N5O2S2.HI/c1-21-18(22-6-12-29(26,27)25-8-10-28-11-9-25)23-14-5-7-24(13-14)17-15(19)3-2-4-16(17)20;/h2-4,14H,5-13H2,1H3,(H2,21,22,23);1H. The van der Waals surface area contributed by atoms with Gasteiger partial charge in [0.05, 0.1) is 5.75 Å². The Labute approximate surface area is 198 Å². The number of nitrogens with one attached hydrogen (secondary N) is 2. The number of thioether (sulfide) groups is 1. The lowest BCUT2D eigenvalue weighted by Gasteiger charge is -2.26. The summed E-state index contributed by atoms with van der Waals surface area (Å²) in [4.78, 5) is 5.81. The molecule has 30 heavy (non-hydrogen) atoms. The topological polar surface area (TPSA) is 77.0 Å². The first kappa shape index (κ1) is 25.4. The Morgan fingerprint density at radius 2 is 1.90 bits per heavy atom. The van der Waals surface area contributed by atoms with E-state index in [2.05, 4.69) is 15.6 Å². The minimum atomic E-state index is -3.29. The summed E-state index contributed by atoms with van der Waals surface area (Å²) in [7, 11) is -1.68. The van der Waals surface area contributed by atoms with Crippen molar-refractivity contribution >= 4 is 57.4 Å². The Morgan fingerprint density at radius 3 is 2.53 bits per heavy atom. The Bertz CT molecular complexity index is 818. The number of guanidine groups is 1. The fourth-order valence-electron chi connectivity index (χ4n) is 3.51. The van der Waals surface area contributed by atoms with Crippen LogP contribution in [0.25, 0.3) is 0 Å². The number of anilines is 1. The maximum Gasteiger partial charge on any atom is 0.215 e. The normalized spacial score (nSPS) is 20.7. The molecule has 7 nitrogen and oxygen atoms in total. The average Bonchev–Trinajstić information content (AvgIpc) is 3.15. The molecule has 0 bridgehead atoms. The smallest absolute Gasteiger partial charge is 0.215 e. The Morgan fingerprint density at radius 1 is 1.23 bits per heavy atom. The summed E-state index contributed by atoms with van der Waals surface area (Å²) in [6, 6.07) is 3.81. The van der Waals surface area contributed by atoms with Gasteiger partial charge in [0, 0.05) is 57.3 Å². The molecule has 0 saturated carbocycles. The molecule has 1 aromatic carbocycles. The van der Waals surface area contributed by atoms with Gasteiger partial charge in [0.1, 0.15) is 17.3 Å². The lowest BCUT2D eigenvalue weighted by atomic mass is 10.2. The average molecular weight is 575 g/mol. The van der Waals surface area contributed by atoms with Crippen molar-refractivity contribution in [2.75, 3.05) is 61.9 Å². The van der Waals surface area contributed by atoms with Gasteiger partial charge in [-0.05, 0) is 18.6 Å². The lowest BCUT2D eigenvalue weighted by Crippen LogP contribution is -2.47. The van der Waals surface area contributed by atoms with E-state index >= 15 is 0 Å². The molecule has 1 atom stereocenters. The fraction of sp³-hybridized carbons (Fsp3) is 0.611. The maximum atomic E-state index is 14.0. The van der Waals surface area contributed by atoms with Crippen LogP contribution in [0.1, 0.15) is 6.42 Å². The maximum absolute atomic E-state index is 14.0. The van der Waals surface area contributed by atoms with Crippen LogP contribution in [0.3, 0.4) is 0 Å². The molecule has 0 radical (unpaired) electrons. The van der Waals surface area contributed by atoms with Crippen molar-refractivity contribution in [2.45, 2.75) is 12.5 Å². The van der Waals surface area contributed by atoms with Gasteiger partial charge in [-0.1, -0.05) is 6.07 Å². The van der Waals surface area contributed by atoms with Crippen LogP contribution in [0, 0.1) is 11.6 Å². The molecule has 1 aromatic rings. The molecule has 2 heterocycles.